The van der Waals surface area contributed by atoms with Gasteiger partial charge in [0.25, 0.3) is 5.91 Å². The van der Waals surface area contributed by atoms with Gasteiger partial charge in [0.05, 0.1) is 5.39 Å². The number of likely N-dealkylation sites (tertiary alicyclic amines) is 1. The molecule has 11 heteroatoms. The van der Waals surface area contributed by atoms with E-state index in [-0.39, 0.29) is 35.0 Å². The lowest BCUT2D eigenvalue weighted by Crippen LogP contribution is -2.55. The zero-order chi connectivity index (χ0) is 32.2. The number of piperazine rings is 1. The van der Waals surface area contributed by atoms with Crippen LogP contribution >= 0.6 is 11.6 Å². The summed E-state index contributed by atoms with van der Waals surface area (Å²) in [5, 5.41) is 3.30. The average Bonchev–Trinajstić information content (AvgIpc) is 3.07. The van der Waals surface area contributed by atoms with Crippen LogP contribution in [0.1, 0.15) is 40.9 Å². The van der Waals surface area contributed by atoms with E-state index in [0.29, 0.717) is 44.2 Å². The fourth-order valence-corrected chi connectivity index (χ4v) is 6.24. The molecule has 9 nitrogen and oxygen atoms in total. The van der Waals surface area contributed by atoms with Crippen molar-refractivity contribution >= 4 is 46.0 Å². The quantitative estimate of drug-likeness (QED) is 0.296. The number of hydrogen-bond acceptors (Lipinski definition) is 6. The molecule has 4 aromatic rings. The number of anilines is 1. The molecule has 3 aromatic carbocycles. The van der Waals surface area contributed by atoms with Crippen LogP contribution in [0.15, 0.2) is 82.0 Å². The van der Waals surface area contributed by atoms with E-state index in [1.807, 2.05) is 29.2 Å². The lowest BCUT2D eigenvalue weighted by molar-refractivity contribution is -0.134. The van der Waals surface area contributed by atoms with Crippen LogP contribution in [0.5, 0.6) is 0 Å². The predicted octanol–water partition coefficient (Wildman–Crippen LogP) is 4.79. The van der Waals surface area contributed by atoms with Crippen LogP contribution in [0.2, 0.25) is 5.02 Å². The highest BCUT2D eigenvalue weighted by atomic mass is 35.5. The van der Waals surface area contributed by atoms with E-state index >= 15 is 0 Å². The first-order valence-electron chi connectivity index (χ1n) is 15.4. The van der Waals surface area contributed by atoms with Crippen molar-refractivity contribution in [2.75, 3.05) is 37.6 Å². The molecule has 1 N–H and O–H groups in total. The minimum atomic E-state index is -0.987. The van der Waals surface area contributed by atoms with Crippen molar-refractivity contribution in [3.8, 4) is 0 Å². The number of hydrogen-bond donors (Lipinski definition) is 1. The van der Waals surface area contributed by atoms with Crippen molar-refractivity contribution in [1.29, 1.82) is 0 Å². The van der Waals surface area contributed by atoms with Gasteiger partial charge in [-0.25, -0.2) is 4.39 Å². The summed E-state index contributed by atoms with van der Waals surface area (Å²) in [6, 6.07) is 19.0. The summed E-state index contributed by atoms with van der Waals surface area (Å²) in [6.45, 7) is 3.28. The van der Waals surface area contributed by atoms with Crippen LogP contribution in [0, 0.1) is 5.82 Å². The van der Waals surface area contributed by atoms with Gasteiger partial charge in [-0.3, -0.25) is 19.2 Å². The molecule has 2 fully saturated rings. The highest BCUT2D eigenvalue weighted by molar-refractivity contribution is 6.30. The number of piperidine rings is 1. The van der Waals surface area contributed by atoms with Crippen molar-refractivity contribution in [3.63, 3.8) is 0 Å². The number of nitrogens with zero attached hydrogens (tertiary/aromatic N) is 3. The van der Waals surface area contributed by atoms with Crippen molar-refractivity contribution in [2.45, 2.75) is 38.3 Å². The van der Waals surface area contributed by atoms with Gasteiger partial charge < -0.3 is 24.4 Å². The molecule has 2 saturated heterocycles. The zero-order valence-corrected chi connectivity index (χ0v) is 26.0. The maximum Gasteiger partial charge on any atom is 0.287 e. The first kappa shape index (κ1) is 31.3. The number of carbonyl (C=O) groups is 3. The largest absolute Gasteiger partial charge is 0.448 e. The summed E-state index contributed by atoms with van der Waals surface area (Å²) in [5.74, 6) is -2.05. The molecule has 1 aromatic heterocycles. The molecule has 3 heterocycles. The van der Waals surface area contributed by atoms with E-state index in [9.17, 15) is 23.6 Å². The highest BCUT2D eigenvalue weighted by Crippen LogP contribution is 2.26. The van der Waals surface area contributed by atoms with E-state index in [1.165, 1.54) is 12.1 Å². The Morgan fingerprint density at radius 1 is 0.913 bits per heavy atom. The minimum Gasteiger partial charge on any atom is -0.448 e. The number of benzene rings is 3. The number of carbonyl (C=O) groups excluding carboxylic acids is 3. The Hall–Kier alpha value is -4.70. The summed E-state index contributed by atoms with van der Waals surface area (Å²) in [7, 11) is 0. The minimum absolute atomic E-state index is 0.0207. The second-order valence-electron chi connectivity index (χ2n) is 11.7. The van der Waals surface area contributed by atoms with Crippen LogP contribution in [0.4, 0.5) is 10.1 Å². The molecule has 46 heavy (non-hydrogen) atoms. The number of halogens is 2. The smallest absolute Gasteiger partial charge is 0.287 e. The standard InChI is InChI=1S/C35H34ClFN4O5/c36-25-13-11-23(12-14-25)20-28(38-34(44)31-21-30(42)26-7-5-8-27(37)33(26)46-31)35(45)40-18-16-39(17-19-40)29-9-2-1-6-24(29)22-41-15-4-3-10-32(41)43/h1-2,5-9,11-14,21,28H,3-4,10,15-20,22H2,(H,38,44)/t28-/m1/s1. The number of para-hydroxylation sites is 2. The second kappa shape index (κ2) is 13.7. The van der Waals surface area contributed by atoms with Gasteiger partial charge in [0.1, 0.15) is 6.04 Å². The average molecular weight is 645 g/mol. The second-order valence-corrected chi connectivity index (χ2v) is 12.1. The SMILES string of the molecule is O=C(N[C@H](Cc1ccc(Cl)cc1)C(=O)N1CCN(c2ccccc2CN2CCCCC2=O)CC1)c1cc(=O)c2cccc(F)c2o1. The van der Waals surface area contributed by atoms with Crippen LogP contribution in [-0.2, 0) is 22.6 Å². The van der Waals surface area contributed by atoms with Gasteiger partial charge in [-0.15, -0.1) is 0 Å². The van der Waals surface area contributed by atoms with Crippen molar-refractivity contribution < 1.29 is 23.2 Å². The Morgan fingerprint density at radius 2 is 1.67 bits per heavy atom. The van der Waals surface area contributed by atoms with Gasteiger partial charge in [0.15, 0.2) is 22.6 Å². The summed E-state index contributed by atoms with van der Waals surface area (Å²) < 4.78 is 19.9. The summed E-state index contributed by atoms with van der Waals surface area (Å²) in [6.07, 6.45) is 2.69. The molecule has 0 aliphatic carbocycles. The third-order valence-corrected chi connectivity index (χ3v) is 8.85. The van der Waals surface area contributed by atoms with Crippen LogP contribution in [0.25, 0.3) is 11.0 Å². The molecule has 1 atom stereocenters. The first-order chi connectivity index (χ1) is 22.3. The van der Waals surface area contributed by atoms with E-state index in [0.717, 1.165) is 48.3 Å². The Labute approximate surface area is 270 Å². The lowest BCUT2D eigenvalue weighted by Gasteiger charge is -2.39. The maximum atomic E-state index is 14.4. The van der Waals surface area contributed by atoms with Crippen LogP contribution in [-0.4, -0.2) is 66.3 Å². The molecule has 238 valence electrons. The molecule has 0 radical (unpaired) electrons. The Balaban J connectivity index is 1.18. The van der Waals surface area contributed by atoms with Crippen LogP contribution < -0.4 is 15.6 Å². The Bertz CT molecular complexity index is 1820. The summed E-state index contributed by atoms with van der Waals surface area (Å²) >= 11 is 6.07. The van der Waals surface area contributed by atoms with Gasteiger partial charge in [-0.1, -0.05) is 48.0 Å². The predicted molar refractivity (Wildman–Crippen MR) is 173 cm³/mol. The maximum absolute atomic E-state index is 14.4. The lowest BCUT2D eigenvalue weighted by atomic mass is 10.0. The molecule has 0 spiro atoms. The fourth-order valence-electron chi connectivity index (χ4n) is 6.12. The number of fused-ring (bicyclic) bond motifs is 1. The van der Waals surface area contributed by atoms with Crippen molar-refractivity contribution in [3.05, 3.63) is 111 Å². The third kappa shape index (κ3) is 6.92. The molecule has 2 aliphatic rings. The van der Waals surface area contributed by atoms with Crippen molar-refractivity contribution in [1.82, 2.24) is 15.1 Å². The van der Waals surface area contributed by atoms with E-state index in [4.69, 9.17) is 16.0 Å². The molecule has 0 bridgehead atoms. The van der Waals surface area contributed by atoms with Gasteiger partial charge in [-0.2, -0.15) is 0 Å². The van der Waals surface area contributed by atoms with Crippen molar-refractivity contribution in [2.24, 2.45) is 0 Å². The third-order valence-electron chi connectivity index (χ3n) is 8.59. The van der Waals surface area contributed by atoms with E-state index in [2.05, 4.69) is 10.2 Å². The van der Waals surface area contributed by atoms with Gasteiger partial charge >= 0.3 is 0 Å². The molecule has 0 saturated carbocycles. The van der Waals surface area contributed by atoms with Crippen LogP contribution in [0.3, 0.4) is 0 Å². The Morgan fingerprint density at radius 3 is 2.43 bits per heavy atom. The van der Waals surface area contributed by atoms with Gasteiger partial charge in [-0.05, 0) is 54.3 Å². The number of nitrogens with one attached hydrogen (secondary N) is 1. The molecular weight excluding hydrogens is 611 g/mol. The highest BCUT2D eigenvalue weighted by Gasteiger charge is 2.31. The van der Waals surface area contributed by atoms with E-state index < -0.39 is 23.2 Å². The molecule has 6 rings (SSSR count). The first-order valence-corrected chi connectivity index (χ1v) is 15.8. The molecule has 0 unspecified atom stereocenters. The van der Waals surface area contributed by atoms with Gasteiger partial charge in [0.2, 0.25) is 11.8 Å². The topological polar surface area (TPSA) is 103 Å². The number of amides is 3. The molecule has 2 aliphatic heterocycles. The zero-order valence-electron chi connectivity index (χ0n) is 25.2. The van der Waals surface area contributed by atoms with Gasteiger partial charge in [0, 0.05) is 68.9 Å². The Kier molecular flexibility index (Phi) is 9.35. The number of rotatable bonds is 8. The normalized spacial score (nSPS) is 16.0. The summed E-state index contributed by atoms with van der Waals surface area (Å²) in [4.78, 5) is 58.3. The monoisotopic (exact) mass is 644 g/mol. The fraction of sp³-hybridized carbons (Fsp3) is 0.314. The molecule has 3 amide bonds. The van der Waals surface area contributed by atoms with E-state index in [1.54, 1.807) is 29.2 Å². The molecular formula is C35H34ClFN4O5. The summed E-state index contributed by atoms with van der Waals surface area (Å²) in [5.41, 5.74) is 2.00.